The van der Waals surface area contributed by atoms with Crippen molar-refractivity contribution in [2.24, 2.45) is 0 Å². The summed E-state index contributed by atoms with van der Waals surface area (Å²) in [6.45, 7) is 0. The standard InChI is InChI=1S/C14H21NO5/c1-15(20-5)13(16)7-6-10-8-11(17-2)14(19-4)12(9-10)18-3/h8-9H,6-7H2,1-5H3. The van der Waals surface area contributed by atoms with Crippen molar-refractivity contribution in [2.75, 3.05) is 35.5 Å². The van der Waals surface area contributed by atoms with Gasteiger partial charge < -0.3 is 14.2 Å². The van der Waals surface area contributed by atoms with Crippen molar-refractivity contribution < 1.29 is 23.8 Å². The molecule has 1 amide bonds. The monoisotopic (exact) mass is 283 g/mol. The van der Waals surface area contributed by atoms with E-state index in [1.54, 1.807) is 28.4 Å². The van der Waals surface area contributed by atoms with Crippen LogP contribution in [0.25, 0.3) is 0 Å². The van der Waals surface area contributed by atoms with Gasteiger partial charge in [0.15, 0.2) is 11.5 Å². The first-order valence-corrected chi connectivity index (χ1v) is 6.16. The lowest BCUT2D eigenvalue weighted by Crippen LogP contribution is -2.25. The molecule has 1 aromatic rings. The Bertz CT molecular complexity index is 436. The lowest BCUT2D eigenvalue weighted by Gasteiger charge is -2.15. The van der Waals surface area contributed by atoms with E-state index in [0.717, 1.165) is 5.56 Å². The second-order valence-electron chi connectivity index (χ2n) is 4.11. The fourth-order valence-electron chi connectivity index (χ4n) is 1.79. The maximum absolute atomic E-state index is 11.7. The molecule has 0 spiro atoms. The molecule has 0 unspecified atom stereocenters. The van der Waals surface area contributed by atoms with E-state index in [1.807, 2.05) is 12.1 Å². The number of hydrogen-bond donors (Lipinski definition) is 0. The van der Waals surface area contributed by atoms with Gasteiger partial charge in [0.1, 0.15) is 0 Å². The molecule has 6 nitrogen and oxygen atoms in total. The molecular weight excluding hydrogens is 262 g/mol. The molecule has 0 aliphatic rings. The average molecular weight is 283 g/mol. The third kappa shape index (κ3) is 3.77. The SMILES string of the molecule is COc1cc(CCC(=O)N(C)OC)cc(OC)c1OC. The number of methoxy groups -OCH3 is 3. The normalized spacial score (nSPS) is 10.1. The van der Waals surface area contributed by atoms with Crippen LogP contribution in [-0.2, 0) is 16.1 Å². The lowest BCUT2D eigenvalue weighted by molar-refractivity contribution is -0.168. The van der Waals surface area contributed by atoms with E-state index < -0.39 is 0 Å². The van der Waals surface area contributed by atoms with Crippen LogP contribution in [0.2, 0.25) is 0 Å². The highest BCUT2D eigenvalue weighted by molar-refractivity contribution is 5.75. The molecule has 6 heteroatoms. The number of aryl methyl sites for hydroxylation is 1. The van der Waals surface area contributed by atoms with Gasteiger partial charge in [-0.2, -0.15) is 0 Å². The fraction of sp³-hybridized carbons (Fsp3) is 0.500. The Morgan fingerprint density at radius 1 is 1.05 bits per heavy atom. The molecule has 1 rings (SSSR count). The van der Waals surface area contributed by atoms with E-state index >= 15 is 0 Å². The van der Waals surface area contributed by atoms with Gasteiger partial charge in [0.25, 0.3) is 0 Å². The number of hydroxylamine groups is 2. The number of nitrogens with zero attached hydrogens (tertiary/aromatic N) is 1. The van der Waals surface area contributed by atoms with Crippen LogP contribution in [0.1, 0.15) is 12.0 Å². The van der Waals surface area contributed by atoms with Crippen LogP contribution in [0, 0.1) is 0 Å². The van der Waals surface area contributed by atoms with E-state index in [-0.39, 0.29) is 5.91 Å². The zero-order valence-electron chi connectivity index (χ0n) is 12.6. The highest BCUT2D eigenvalue weighted by atomic mass is 16.7. The first kappa shape index (κ1) is 16.1. The van der Waals surface area contributed by atoms with Gasteiger partial charge in [0.05, 0.1) is 28.4 Å². The summed E-state index contributed by atoms with van der Waals surface area (Å²) in [7, 11) is 7.71. The first-order valence-electron chi connectivity index (χ1n) is 6.16. The molecule has 0 bridgehead atoms. The number of carbonyl (C=O) groups is 1. The van der Waals surface area contributed by atoms with Crippen molar-refractivity contribution in [3.8, 4) is 17.2 Å². The Hall–Kier alpha value is -1.95. The molecule has 0 aliphatic carbocycles. The van der Waals surface area contributed by atoms with Crippen LogP contribution in [0.15, 0.2) is 12.1 Å². The maximum atomic E-state index is 11.7. The van der Waals surface area contributed by atoms with Gasteiger partial charge in [-0.25, -0.2) is 5.06 Å². The molecule has 0 aromatic heterocycles. The van der Waals surface area contributed by atoms with Crippen LogP contribution in [-0.4, -0.2) is 46.5 Å². The quantitative estimate of drug-likeness (QED) is 0.712. The topological polar surface area (TPSA) is 57.2 Å². The van der Waals surface area contributed by atoms with E-state index in [2.05, 4.69) is 0 Å². The molecule has 1 aromatic carbocycles. The smallest absolute Gasteiger partial charge is 0.246 e. The summed E-state index contributed by atoms with van der Waals surface area (Å²) < 4.78 is 15.8. The minimum Gasteiger partial charge on any atom is -0.493 e. The molecule has 0 radical (unpaired) electrons. The summed E-state index contributed by atoms with van der Waals surface area (Å²) in [6.07, 6.45) is 0.895. The summed E-state index contributed by atoms with van der Waals surface area (Å²) in [5.41, 5.74) is 0.928. The predicted molar refractivity (Wildman–Crippen MR) is 74.2 cm³/mol. The van der Waals surface area contributed by atoms with E-state index in [9.17, 15) is 4.79 Å². The van der Waals surface area contributed by atoms with Gasteiger partial charge in [-0.15, -0.1) is 0 Å². The molecule has 0 aliphatic heterocycles. The molecule has 0 N–H and O–H groups in total. The molecule has 112 valence electrons. The summed E-state index contributed by atoms with van der Waals surface area (Å²) in [6, 6.07) is 3.67. The van der Waals surface area contributed by atoms with Gasteiger partial charge >= 0.3 is 0 Å². The lowest BCUT2D eigenvalue weighted by atomic mass is 10.1. The first-order chi connectivity index (χ1) is 9.57. The number of carbonyl (C=O) groups excluding carboxylic acids is 1. The summed E-state index contributed by atoms with van der Waals surface area (Å²) in [5, 5.41) is 1.21. The van der Waals surface area contributed by atoms with Gasteiger partial charge in [-0.05, 0) is 24.1 Å². The fourth-order valence-corrected chi connectivity index (χ4v) is 1.79. The Labute approximate surface area is 119 Å². The Kier molecular flexibility index (Phi) is 6.11. The van der Waals surface area contributed by atoms with Crippen molar-refractivity contribution in [2.45, 2.75) is 12.8 Å². The van der Waals surface area contributed by atoms with Gasteiger partial charge in [0, 0.05) is 13.5 Å². The van der Waals surface area contributed by atoms with Crippen molar-refractivity contribution in [1.29, 1.82) is 0 Å². The number of ether oxygens (including phenoxy) is 3. The van der Waals surface area contributed by atoms with Crippen LogP contribution < -0.4 is 14.2 Å². The summed E-state index contributed by atoms with van der Waals surface area (Å²) in [4.78, 5) is 16.5. The molecule has 0 saturated heterocycles. The highest BCUT2D eigenvalue weighted by Gasteiger charge is 2.14. The molecule has 0 atom stereocenters. The van der Waals surface area contributed by atoms with E-state index in [4.69, 9.17) is 19.0 Å². The second kappa shape index (κ2) is 7.59. The number of rotatable bonds is 7. The third-order valence-corrected chi connectivity index (χ3v) is 2.98. The van der Waals surface area contributed by atoms with E-state index in [1.165, 1.54) is 12.2 Å². The van der Waals surface area contributed by atoms with Crippen LogP contribution >= 0.6 is 0 Å². The van der Waals surface area contributed by atoms with Gasteiger partial charge in [0.2, 0.25) is 11.7 Å². The van der Waals surface area contributed by atoms with Gasteiger partial charge in [-0.1, -0.05) is 0 Å². The molecule has 20 heavy (non-hydrogen) atoms. The van der Waals surface area contributed by atoms with Gasteiger partial charge in [-0.3, -0.25) is 9.63 Å². The zero-order valence-corrected chi connectivity index (χ0v) is 12.6. The Morgan fingerprint density at radius 3 is 2.00 bits per heavy atom. The third-order valence-electron chi connectivity index (χ3n) is 2.98. The van der Waals surface area contributed by atoms with Crippen molar-refractivity contribution in [1.82, 2.24) is 5.06 Å². The Morgan fingerprint density at radius 2 is 1.60 bits per heavy atom. The predicted octanol–water partition coefficient (Wildman–Crippen LogP) is 1.66. The summed E-state index contributed by atoms with van der Waals surface area (Å²) in [5.74, 6) is 1.60. The highest BCUT2D eigenvalue weighted by Crippen LogP contribution is 2.38. The molecule has 0 saturated carbocycles. The summed E-state index contributed by atoms with van der Waals surface area (Å²) >= 11 is 0. The number of benzene rings is 1. The van der Waals surface area contributed by atoms with Crippen molar-refractivity contribution in [3.63, 3.8) is 0 Å². The Balaban J connectivity index is 2.88. The zero-order chi connectivity index (χ0) is 15.1. The molecule has 0 fully saturated rings. The minimum absolute atomic E-state index is 0.0961. The number of amides is 1. The average Bonchev–Trinajstić information content (AvgIpc) is 2.50. The van der Waals surface area contributed by atoms with Crippen LogP contribution in [0.3, 0.4) is 0 Å². The van der Waals surface area contributed by atoms with E-state index in [0.29, 0.717) is 30.1 Å². The minimum atomic E-state index is -0.0961. The second-order valence-corrected chi connectivity index (χ2v) is 4.11. The molecule has 0 heterocycles. The maximum Gasteiger partial charge on any atom is 0.246 e. The van der Waals surface area contributed by atoms with Crippen molar-refractivity contribution >= 4 is 5.91 Å². The van der Waals surface area contributed by atoms with Crippen LogP contribution in [0.5, 0.6) is 17.2 Å². The van der Waals surface area contributed by atoms with Crippen molar-refractivity contribution in [3.05, 3.63) is 17.7 Å². The van der Waals surface area contributed by atoms with Crippen LogP contribution in [0.4, 0.5) is 0 Å². The molecular formula is C14H21NO5. The largest absolute Gasteiger partial charge is 0.493 e. The number of hydrogen-bond acceptors (Lipinski definition) is 5.